The molecule has 0 atom stereocenters. The number of benzene rings is 6. The van der Waals surface area contributed by atoms with Crippen molar-refractivity contribution >= 4 is 34.1 Å². The molecule has 0 spiro atoms. The van der Waals surface area contributed by atoms with Gasteiger partial charge in [0.25, 0.3) is 0 Å². The van der Waals surface area contributed by atoms with Crippen LogP contribution in [0.3, 0.4) is 0 Å². The van der Waals surface area contributed by atoms with Crippen LogP contribution < -0.4 is 9.80 Å². The molecular formula is C52H56N2O4. The number of anilines is 6. The first-order valence-corrected chi connectivity index (χ1v) is 20.7. The lowest BCUT2D eigenvalue weighted by Gasteiger charge is -2.44. The van der Waals surface area contributed by atoms with Crippen molar-refractivity contribution in [1.82, 2.24) is 0 Å². The van der Waals surface area contributed by atoms with Gasteiger partial charge in [-0.25, -0.2) is 0 Å². The standard InChI is InChI=1S/C52H56N2O4/c1-39(2)51(35-57-36-51)33-55-31-41-15-23-47(24-16-41)53(45-11-7-5-8-12-45)49-27-19-43(20-28-49)44-21-29-50(30-22-44)54(46-13-9-6-10-14-46)48-25-17-42(18-26-48)32-56-34-52(40(3)4)37-58-38-52/h5-30,39-40H,31-38H2,1-4H3. The minimum atomic E-state index is 0.146. The lowest BCUT2D eigenvalue weighted by molar-refractivity contribution is -0.174. The number of ether oxygens (including phenoxy) is 4. The van der Waals surface area contributed by atoms with Crippen LogP contribution in [0, 0.1) is 22.7 Å². The van der Waals surface area contributed by atoms with E-state index < -0.39 is 0 Å². The van der Waals surface area contributed by atoms with Gasteiger partial charge in [-0.3, -0.25) is 0 Å². The van der Waals surface area contributed by atoms with Gasteiger partial charge < -0.3 is 28.7 Å². The molecule has 298 valence electrons. The second kappa shape index (κ2) is 17.7. The highest BCUT2D eigenvalue weighted by molar-refractivity contribution is 5.80. The van der Waals surface area contributed by atoms with Gasteiger partial charge in [0.15, 0.2) is 0 Å². The molecule has 6 aromatic rings. The van der Waals surface area contributed by atoms with Crippen molar-refractivity contribution in [3.63, 3.8) is 0 Å². The highest BCUT2D eigenvalue weighted by Crippen LogP contribution is 2.40. The van der Waals surface area contributed by atoms with Crippen LogP contribution in [0.2, 0.25) is 0 Å². The van der Waals surface area contributed by atoms with Crippen molar-refractivity contribution in [2.24, 2.45) is 22.7 Å². The van der Waals surface area contributed by atoms with Gasteiger partial charge in [-0.05, 0) is 107 Å². The van der Waals surface area contributed by atoms with E-state index in [0.29, 0.717) is 25.0 Å². The molecule has 58 heavy (non-hydrogen) atoms. The van der Waals surface area contributed by atoms with Gasteiger partial charge in [0, 0.05) is 45.0 Å². The smallest absolute Gasteiger partial charge is 0.0717 e. The van der Waals surface area contributed by atoms with Gasteiger partial charge in [0.1, 0.15) is 0 Å². The van der Waals surface area contributed by atoms with Gasteiger partial charge in [-0.15, -0.1) is 0 Å². The third-order valence-electron chi connectivity index (χ3n) is 12.3. The summed E-state index contributed by atoms with van der Waals surface area (Å²) in [6.45, 7) is 14.8. The van der Waals surface area contributed by atoms with Crippen LogP contribution in [0.5, 0.6) is 0 Å². The van der Waals surface area contributed by atoms with Crippen LogP contribution in [0.25, 0.3) is 11.1 Å². The van der Waals surface area contributed by atoms with Crippen LogP contribution in [0.1, 0.15) is 38.8 Å². The molecule has 0 N–H and O–H groups in total. The fourth-order valence-corrected chi connectivity index (χ4v) is 7.78. The number of nitrogens with zero attached hydrogens (tertiary/aromatic N) is 2. The summed E-state index contributed by atoms with van der Waals surface area (Å²) in [6, 6.07) is 56.3. The highest BCUT2D eigenvalue weighted by Gasteiger charge is 2.42. The van der Waals surface area contributed by atoms with E-state index in [1.165, 1.54) is 0 Å². The van der Waals surface area contributed by atoms with Gasteiger partial charge in [-0.2, -0.15) is 0 Å². The van der Waals surface area contributed by atoms with Crippen molar-refractivity contribution in [2.45, 2.75) is 40.9 Å². The van der Waals surface area contributed by atoms with Crippen LogP contribution >= 0.6 is 0 Å². The summed E-state index contributed by atoms with van der Waals surface area (Å²) in [5.74, 6) is 1.07. The van der Waals surface area contributed by atoms with Crippen molar-refractivity contribution < 1.29 is 18.9 Å². The van der Waals surface area contributed by atoms with Crippen LogP contribution in [0.15, 0.2) is 158 Å². The molecule has 0 aromatic heterocycles. The summed E-state index contributed by atoms with van der Waals surface area (Å²) in [4.78, 5) is 4.61. The molecule has 0 radical (unpaired) electrons. The second-order valence-corrected chi connectivity index (χ2v) is 16.8. The van der Waals surface area contributed by atoms with Gasteiger partial charge in [0.05, 0.1) is 52.9 Å². The number of rotatable bonds is 17. The lowest BCUT2D eigenvalue weighted by atomic mass is 9.76. The minimum Gasteiger partial charge on any atom is -0.380 e. The molecule has 2 heterocycles. The van der Waals surface area contributed by atoms with E-state index in [0.717, 1.165) is 96.0 Å². The fourth-order valence-electron chi connectivity index (χ4n) is 7.78. The third kappa shape index (κ3) is 8.62. The van der Waals surface area contributed by atoms with Crippen LogP contribution in [-0.2, 0) is 32.2 Å². The molecule has 6 aromatic carbocycles. The van der Waals surface area contributed by atoms with E-state index >= 15 is 0 Å². The SMILES string of the molecule is CC(C)C1(COCc2ccc(N(c3ccccc3)c3ccc(-c4ccc(N(c5ccccc5)c5ccc(COCC6(C(C)C)COC6)cc5)cc4)cc3)cc2)COC1. The van der Waals surface area contributed by atoms with Crippen molar-refractivity contribution in [2.75, 3.05) is 49.4 Å². The first kappa shape index (κ1) is 39.6. The highest BCUT2D eigenvalue weighted by atomic mass is 16.5. The Balaban J connectivity index is 0.967. The lowest BCUT2D eigenvalue weighted by Crippen LogP contribution is -2.50. The Bertz CT molecular complexity index is 2020. The molecule has 2 saturated heterocycles. The van der Waals surface area contributed by atoms with Crippen molar-refractivity contribution in [3.8, 4) is 11.1 Å². The van der Waals surface area contributed by atoms with Gasteiger partial charge >= 0.3 is 0 Å². The largest absolute Gasteiger partial charge is 0.380 e. The Hall–Kier alpha value is -5.24. The van der Waals surface area contributed by atoms with Crippen molar-refractivity contribution in [3.05, 3.63) is 169 Å². The molecule has 2 aliphatic heterocycles. The fraction of sp³-hybridized carbons (Fsp3) is 0.308. The Kier molecular flexibility index (Phi) is 12.1. The quantitative estimate of drug-likeness (QED) is 0.0920. The predicted molar refractivity (Wildman–Crippen MR) is 237 cm³/mol. The predicted octanol–water partition coefficient (Wildman–Crippen LogP) is 12.7. The van der Waals surface area contributed by atoms with Gasteiger partial charge in [-0.1, -0.05) is 113 Å². The molecule has 0 unspecified atom stereocenters. The van der Waals surface area contributed by atoms with Crippen molar-refractivity contribution in [1.29, 1.82) is 0 Å². The first-order valence-electron chi connectivity index (χ1n) is 20.7. The molecule has 6 nitrogen and oxygen atoms in total. The van der Waals surface area contributed by atoms with Crippen LogP contribution in [0.4, 0.5) is 34.1 Å². The zero-order chi connectivity index (χ0) is 40.0. The third-order valence-corrected chi connectivity index (χ3v) is 12.3. The van der Waals surface area contributed by atoms with E-state index in [1.807, 2.05) is 0 Å². The number of hydrogen-bond donors (Lipinski definition) is 0. The maximum Gasteiger partial charge on any atom is 0.0717 e. The van der Waals surface area contributed by atoms with Gasteiger partial charge in [0.2, 0.25) is 0 Å². The summed E-state index contributed by atoms with van der Waals surface area (Å²) in [7, 11) is 0. The Morgan fingerprint density at radius 1 is 0.414 bits per heavy atom. The monoisotopic (exact) mass is 772 g/mol. The van der Waals surface area contributed by atoms with E-state index in [1.54, 1.807) is 0 Å². The minimum absolute atomic E-state index is 0.146. The maximum absolute atomic E-state index is 6.21. The van der Waals surface area contributed by atoms with E-state index in [2.05, 4.69) is 195 Å². The summed E-state index contributed by atoms with van der Waals surface area (Å²) in [6.07, 6.45) is 0. The molecule has 0 amide bonds. The molecule has 0 saturated carbocycles. The Morgan fingerprint density at radius 3 is 0.983 bits per heavy atom. The maximum atomic E-state index is 6.21. The van der Waals surface area contributed by atoms with Crippen LogP contribution in [-0.4, -0.2) is 39.6 Å². The normalized spacial score (nSPS) is 15.5. The first-order chi connectivity index (χ1) is 28.3. The number of para-hydroxylation sites is 2. The van der Waals surface area contributed by atoms with E-state index in [9.17, 15) is 0 Å². The molecule has 0 bridgehead atoms. The zero-order valence-corrected chi connectivity index (χ0v) is 34.4. The molecule has 2 fully saturated rings. The molecular weight excluding hydrogens is 717 g/mol. The zero-order valence-electron chi connectivity index (χ0n) is 34.4. The molecule has 8 rings (SSSR count). The van der Waals surface area contributed by atoms with E-state index in [4.69, 9.17) is 18.9 Å². The number of hydrogen-bond acceptors (Lipinski definition) is 6. The van der Waals surface area contributed by atoms with E-state index in [-0.39, 0.29) is 10.8 Å². The molecule has 6 heteroatoms. The second-order valence-electron chi connectivity index (χ2n) is 16.8. The molecule has 2 aliphatic rings. The summed E-state index contributed by atoms with van der Waals surface area (Å²) in [5, 5.41) is 0. The average Bonchev–Trinajstić information content (AvgIpc) is 3.22. The molecule has 0 aliphatic carbocycles. The Labute approximate surface area is 345 Å². The topological polar surface area (TPSA) is 43.4 Å². The summed E-state index contributed by atoms with van der Waals surface area (Å²) in [5.41, 5.74) is 11.6. The summed E-state index contributed by atoms with van der Waals surface area (Å²) >= 11 is 0. The summed E-state index contributed by atoms with van der Waals surface area (Å²) < 4.78 is 23.5. The average molecular weight is 773 g/mol. The Morgan fingerprint density at radius 2 is 0.707 bits per heavy atom.